The zero-order valence-electron chi connectivity index (χ0n) is 14.3. The summed E-state index contributed by atoms with van der Waals surface area (Å²) in [6, 6.07) is 10.1. The lowest BCUT2D eigenvalue weighted by atomic mass is 10.1. The lowest BCUT2D eigenvalue weighted by Gasteiger charge is -2.10. The fourth-order valence-corrected chi connectivity index (χ4v) is 3.62. The van der Waals surface area contributed by atoms with Gasteiger partial charge in [-0.05, 0) is 36.8 Å². The number of carbonyl (C=O) groups excluding carboxylic acids is 1. The van der Waals surface area contributed by atoms with Crippen molar-refractivity contribution in [1.29, 1.82) is 0 Å². The SMILES string of the molecule is CCCCNS(=O)(=O)c1cccc(NC(=O)Cc2c(F)cccc2Cl)c1. The van der Waals surface area contributed by atoms with Crippen molar-refractivity contribution in [2.24, 2.45) is 0 Å². The first-order valence-electron chi connectivity index (χ1n) is 8.16. The quantitative estimate of drug-likeness (QED) is 0.665. The molecule has 2 rings (SSSR count). The van der Waals surface area contributed by atoms with E-state index in [1.54, 1.807) is 6.07 Å². The maximum absolute atomic E-state index is 13.8. The Hall–Kier alpha value is -1.96. The second-order valence-corrected chi connectivity index (χ2v) is 7.88. The number of unbranched alkanes of at least 4 members (excludes halogenated alkanes) is 1. The van der Waals surface area contributed by atoms with Crippen LogP contribution in [0.4, 0.5) is 10.1 Å². The predicted molar refractivity (Wildman–Crippen MR) is 100 cm³/mol. The minimum atomic E-state index is -3.65. The third kappa shape index (κ3) is 5.52. The minimum absolute atomic E-state index is 0.0512. The van der Waals surface area contributed by atoms with Gasteiger partial charge in [0.15, 0.2) is 0 Å². The van der Waals surface area contributed by atoms with E-state index in [1.165, 1.54) is 36.4 Å². The summed E-state index contributed by atoms with van der Waals surface area (Å²) in [7, 11) is -3.65. The molecule has 2 aromatic rings. The molecule has 0 aliphatic carbocycles. The number of carbonyl (C=O) groups is 1. The van der Waals surface area contributed by atoms with Crippen molar-refractivity contribution in [3.63, 3.8) is 0 Å². The monoisotopic (exact) mass is 398 g/mol. The van der Waals surface area contributed by atoms with E-state index in [-0.39, 0.29) is 21.9 Å². The van der Waals surface area contributed by atoms with Crippen molar-refractivity contribution in [2.45, 2.75) is 31.1 Å². The van der Waals surface area contributed by atoms with Crippen LogP contribution in [0.1, 0.15) is 25.3 Å². The molecule has 1 amide bonds. The van der Waals surface area contributed by atoms with Crippen molar-refractivity contribution in [1.82, 2.24) is 4.72 Å². The van der Waals surface area contributed by atoms with Crippen LogP contribution in [0.15, 0.2) is 47.4 Å². The van der Waals surface area contributed by atoms with Gasteiger partial charge in [0, 0.05) is 22.8 Å². The molecule has 0 unspecified atom stereocenters. The Morgan fingerprint density at radius 1 is 1.19 bits per heavy atom. The maximum atomic E-state index is 13.8. The van der Waals surface area contributed by atoms with Crippen LogP contribution in [0.3, 0.4) is 0 Å². The van der Waals surface area contributed by atoms with Crippen molar-refractivity contribution in [2.75, 3.05) is 11.9 Å². The van der Waals surface area contributed by atoms with E-state index in [0.29, 0.717) is 12.2 Å². The number of benzene rings is 2. The van der Waals surface area contributed by atoms with Gasteiger partial charge in [0.05, 0.1) is 11.3 Å². The fourth-order valence-electron chi connectivity index (χ4n) is 2.27. The van der Waals surface area contributed by atoms with Gasteiger partial charge in [-0.1, -0.05) is 37.1 Å². The summed E-state index contributed by atoms with van der Waals surface area (Å²) in [6.45, 7) is 2.31. The van der Waals surface area contributed by atoms with Crippen LogP contribution in [-0.2, 0) is 21.2 Å². The van der Waals surface area contributed by atoms with E-state index < -0.39 is 21.7 Å². The van der Waals surface area contributed by atoms with E-state index in [4.69, 9.17) is 11.6 Å². The van der Waals surface area contributed by atoms with Gasteiger partial charge in [-0.2, -0.15) is 0 Å². The number of sulfonamides is 1. The molecule has 5 nitrogen and oxygen atoms in total. The number of hydrogen-bond donors (Lipinski definition) is 2. The Balaban J connectivity index is 2.09. The highest BCUT2D eigenvalue weighted by Gasteiger charge is 2.15. The van der Waals surface area contributed by atoms with Crippen LogP contribution in [0.5, 0.6) is 0 Å². The molecular formula is C18H20ClFN2O3S. The molecule has 0 saturated heterocycles. The highest BCUT2D eigenvalue weighted by molar-refractivity contribution is 7.89. The molecule has 2 N–H and O–H groups in total. The third-order valence-corrected chi connectivity index (χ3v) is 5.46. The Labute approximate surface area is 157 Å². The Kier molecular flexibility index (Phi) is 7.14. The molecule has 0 heterocycles. The molecule has 0 saturated carbocycles. The van der Waals surface area contributed by atoms with Crippen LogP contribution in [0, 0.1) is 5.82 Å². The Morgan fingerprint density at radius 3 is 2.62 bits per heavy atom. The van der Waals surface area contributed by atoms with Gasteiger partial charge in [0.1, 0.15) is 5.82 Å². The first-order chi connectivity index (χ1) is 12.3. The number of rotatable bonds is 8. The Bertz CT molecular complexity index is 868. The molecule has 0 bridgehead atoms. The predicted octanol–water partition coefficient (Wildman–Crippen LogP) is 3.74. The summed E-state index contributed by atoms with van der Waals surface area (Å²) in [4.78, 5) is 12.2. The van der Waals surface area contributed by atoms with Crippen molar-refractivity contribution < 1.29 is 17.6 Å². The number of amides is 1. The molecular weight excluding hydrogens is 379 g/mol. The van der Waals surface area contributed by atoms with E-state index in [1.807, 2.05) is 6.92 Å². The number of halogens is 2. The van der Waals surface area contributed by atoms with Crippen molar-refractivity contribution in [3.8, 4) is 0 Å². The van der Waals surface area contributed by atoms with E-state index in [0.717, 1.165) is 12.8 Å². The molecule has 140 valence electrons. The van der Waals surface area contributed by atoms with Crippen LogP contribution in [0.25, 0.3) is 0 Å². The first-order valence-corrected chi connectivity index (χ1v) is 10.0. The standard InChI is InChI=1S/C18H20ClFN2O3S/c1-2-3-10-21-26(24,25)14-7-4-6-13(11-14)22-18(23)12-15-16(19)8-5-9-17(15)20/h4-9,11,21H,2-3,10,12H2,1H3,(H,22,23). The highest BCUT2D eigenvalue weighted by Crippen LogP contribution is 2.21. The smallest absolute Gasteiger partial charge is 0.240 e. The second kappa shape index (κ2) is 9.12. The zero-order valence-corrected chi connectivity index (χ0v) is 15.8. The van der Waals surface area contributed by atoms with E-state index >= 15 is 0 Å². The van der Waals surface area contributed by atoms with Crippen molar-refractivity contribution in [3.05, 3.63) is 58.9 Å². The molecule has 2 aromatic carbocycles. The fraction of sp³-hybridized carbons (Fsp3) is 0.278. The van der Waals surface area contributed by atoms with Crippen LogP contribution >= 0.6 is 11.6 Å². The molecule has 0 aromatic heterocycles. The van der Waals surface area contributed by atoms with Gasteiger partial charge in [-0.15, -0.1) is 0 Å². The van der Waals surface area contributed by atoms with Crippen LogP contribution in [-0.4, -0.2) is 20.9 Å². The van der Waals surface area contributed by atoms with Gasteiger partial charge >= 0.3 is 0 Å². The number of anilines is 1. The number of hydrogen-bond acceptors (Lipinski definition) is 3. The molecule has 0 spiro atoms. The van der Waals surface area contributed by atoms with Crippen LogP contribution in [0.2, 0.25) is 5.02 Å². The summed E-state index contributed by atoms with van der Waals surface area (Å²) in [6.07, 6.45) is 1.35. The molecule has 0 radical (unpaired) electrons. The molecule has 0 fully saturated rings. The number of nitrogens with one attached hydrogen (secondary N) is 2. The molecule has 0 aliphatic heterocycles. The maximum Gasteiger partial charge on any atom is 0.240 e. The summed E-state index contributed by atoms with van der Waals surface area (Å²) in [5.74, 6) is -1.06. The molecule has 0 aliphatic rings. The van der Waals surface area contributed by atoms with Gasteiger partial charge in [0.2, 0.25) is 15.9 Å². The molecule has 26 heavy (non-hydrogen) atoms. The molecule has 8 heteroatoms. The average Bonchev–Trinajstić information content (AvgIpc) is 2.59. The summed E-state index contributed by atoms with van der Waals surface area (Å²) < 4.78 is 40.7. The second-order valence-electron chi connectivity index (χ2n) is 5.70. The lowest BCUT2D eigenvalue weighted by molar-refractivity contribution is -0.115. The first kappa shape index (κ1) is 20.4. The van der Waals surface area contributed by atoms with Crippen LogP contribution < -0.4 is 10.0 Å². The molecule has 0 atom stereocenters. The Morgan fingerprint density at radius 2 is 1.92 bits per heavy atom. The topological polar surface area (TPSA) is 75.3 Å². The minimum Gasteiger partial charge on any atom is -0.326 e. The average molecular weight is 399 g/mol. The summed E-state index contributed by atoms with van der Waals surface area (Å²) >= 11 is 5.91. The van der Waals surface area contributed by atoms with Crippen molar-refractivity contribution >= 4 is 33.2 Å². The lowest BCUT2D eigenvalue weighted by Crippen LogP contribution is -2.25. The highest BCUT2D eigenvalue weighted by atomic mass is 35.5. The van der Waals surface area contributed by atoms with Gasteiger partial charge in [-0.25, -0.2) is 17.5 Å². The normalized spacial score (nSPS) is 11.3. The van der Waals surface area contributed by atoms with E-state index in [9.17, 15) is 17.6 Å². The largest absolute Gasteiger partial charge is 0.326 e. The van der Waals surface area contributed by atoms with E-state index in [2.05, 4.69) is 10.0 Å². The zero-order chi connectivity index (χ0) is 19.2. The van der Waals surface area contributed by atoms with Gasteiger partial charge < -0.3 is 5.32 Å². The van der Waals surface area contributed by atoms with Gasteiger partial charge in [0.25, 0.3) is 0 Å². The third-order valence-electron chi connectivity index (χ3n) is 3.65. The summed E-state index contributed by atoms with van der Waals surface area (Å²) in [5, 5.41) is 2.73. The van der Waals surface area contributed by atoms with Gasteiger partial charge in [-0.3, -0.25) is 4.79 Å². The summed E-state index contributed by atoms with van der Waals surface area (Å²) in [5.41, 5.74) is 0.400.